The number of hydrogen-bond acceptors (Lipinski definition) is 4. The van der Waals surface area contributed by atoms with Crippen LogP contribution in [-0.2, 0) is 10.0 Å². The SMILES string of the molecule is NN(CCO)S(=O)(=O)c1ccccc1. The topological polar surface area (TPSA) is 83.6 Å². The first-order chi connectivity index (χ1) is 6.59. The summed E-state index contributed by atoms with van der Waals surface area (Å²) in [5.41, 5.74) is 0. The predicted octanol–water partition coefficient (Wildman–Crippen LogP) is -0.457. The summed E-state index contributed by atoms with van der Waals surface area (Å²) in [7, 11) is -3.65. The van der Waals surface area contributed by atoms with Gasteiger partial charge in [0.2, 0.25) is 0 Å². The molecule has 1 aromatic rings. The van der Waals surface area contributed by atoms with Crippen LogP contribution in [0.15, 0.2) is 35.2 Å². The number of nitrogens with two attached hydrogens (primary N) is 1. The van der Waals surface area contributed by atoms with Crippen molar-refractivity contribution >= 4 is 10.0 Å². The van der Waals surface area contributed by atoms with Crippen LogP contribution in [0.4, 0.5) is 0 Å². The first kappa shape index (κ1) is 11.1. The molecule has 0 amide bonds. The number of nitrogens with zero attached hydrogens (tertiary/aromatic N) is 1. The Morgan fingerprint density at radius 1 is 1.29 bits per heavy atom. The second-order valence-corrected chi connectivity index (χ2v) is 4.54. The van der Waals surface area contributed by atoms with E-state index in [4.69, 9.17) is 10.9 Å². The molecule has 0 radical (unpaired) electrons. The monoisotopic (exact) mass is 216 g/mol. The fourth-order valence-electron chi connectivity index (χ4n) is 0.947. The molecule has 0 unspecified atom stereocenters. The summed E-state index contributed by atoms with van der Waals surface area (Å²) < 4.78 is 23.9. The first-order valence-corrected chi connectivity index (χ1v) is 5.46. The van der Waals surface area contributed by atoms with Crippen LogP contribution in [-0.4, -0.2) is 31.1 Å². The van der Waals surface area contributed by atoms with Crippen molar-refractivity contribution < 1.29 is 13.5 Å². The standard InChI is InChI=1S/C8H12N2O3S/c9-10(6-7-11)14(12,13)8-4-2-1-3-5-8/h1-5,11H,6-7,9H2. The van der Waals surface area contributed by atoms with E-state index < -0.39 is 10.0 Å². The molecule has 0 aromatic heterocycles. The lowest BCUT2D eigenvalue weighted by Crippen LogP contribution is -2.39. The molecule has 0 fully saturated rings. The summed E-state index contributed by atoms with van der Waals surface area (Å²) in [6, 6.07) is 7.84. The van der Waals surface area contributed by atoms with Crippen molar-refractivity contribution in [1.29, 1.82) is 0 Å². The molecule has 14 heavy (non-hydrogen) atoms. The van der Waals surface area contributed by atoms with E-state index in [1.54, 1.807) is 18.2 Å². The fourth-order valence-corrected chi connectivity index (χ4v) is 2.04. The molecule has 1 aromatic carbocycles. The van der Waals surface area contributed by atoms with Crippen molar-refractivity contribution in [2.24, 2.45) is 5.84 Å². The fraction of sp³-hybridized carbons (Fsp3) is 0.250. The zero-order valence-corrected chi connectivity index (χ0v) is 8.31. The molecular formula is C8H12N2O3S. The number of hydrazine groups is 1. The van der Waals surface area contributed by atoms with E-state index >= 15 is 0 Å². The maximum atomic E-state index is 11.6. The summed E-state index contributed by atoms with van der Waals surface area (Å²) in [5, 5.41) is 8.56. The molecule has 0 aliphatic carbocycles. The first-order valence-electron chi connectivity index (χ1n) is 4.02. The maximum absolute atomic E-state index is 11.6. The van der Waals surface area contributed by atoms with E-state index in [1.165, 1.54) is 12.1 Å². The number of aliphatic hydroxyl groups is 1. The minimum absolute atomic E-state index is 0.114. The molecule has 0 saturated carbocycles. The normalized spacial score (nSPS) is 11.9. The van der Waals surface area contributed by atoms with Crippen LogP contribution < -0.4 is 5.84 Å². The highest BCUT2D eigenvalue weighted by atomic mass is 32.2. The molecule has 3 N–H and O–H groups in total. The molecule has 0 atom stereocenters. The Hall–Kier alpha value is -0.950. The van der Waals surface area contributed by atoms with Gasteiger partial charge in [-0.3, -0.25) is 5.84 Å². The van der Waals surface area contributed by atoms with Crippen molar-refractivity contribution in [2.75, 3.05) is 13.2 Å². The number of sulfonamides is 1. The molecule has 0 aliphatic heterocycles. The minimum Gasteiger partial charge on any atom is -0.395 e. The van der Waals surface area contributed by atoms with E-state index in [-0.39, 0.29) is 18.0 Å². The lowest BCUT2D eigenvalue weighted by molar-refractivity contribution is 0.255. The smallest absolute Gasteiger partial charge is 0.255 e. The average molecular weight is 216 g/mol. The molecular weight excluding hydrogens is 204 g/mol. The van der Waals surface area contributed by atoms with Crippen molar-refractivity contribution in [3.8, 4) is 0 Å². The van der Waals surface area contributed by atoms with Gasteiger partial charge in [-0.15, -0.1) is 4.41 Å². The number of hydrogen-bond donors (Lipinski definition) is 2. The summed E-state index contributed by atoms with van der Waals surface area (Å²) in [4.78, 5) is 0.121. The Balaban J connectivity index is 2.97. The van der Waals surface area contributed by atoms with Crippen LogP contribution in [0.25, 0.3) is 0 Å². The highest BCUT2D eigenvalue weighted by molar-refractivity contribution is 7.89. The third-order valence-electron chi connectivity index (χ3n) is 1.67. The number of benzene rings is 1. The van der Waals surface area contributed by atoms with E-state index in [0.717, 1.165) is 0 Å². The van der Waals surface area contributed by atoms with E-state index in [2.05, 4.69) is 0 Å². The van der Waals surface area contributed by atoms with Crippen molar-refractivity contribution in [1.82, 2.24) is 4.41 Å². The van der Waals surface area contributed by atoms with E-state index in [0.29, 0.717) is 4.41 Å². The van der Waals surface area contributed by atoms with Crippen molar-refractivity contribution in [3.63, 3.8) is 0 Å². The van der Waals surface area contributed by atoms with Gasteiger partial charge in [-0.25, -0.2) is 8.42 Å². The number of aliphatic hydroxyl groups excluding tert-OH is 1. The Morgan fingerprint density at radius 3 is 2.36 bits per heavy atom. The molecule has 0 spiro atoms. The quantitative estimate of drug-likeness (QED) is 0.527. The zero-order chi connectivity index (χ0) is 10.6. The largest absolute Gasteiger partial charge is 0.395 e. The number of rotatable bonds is 4. The van der Waals surface area contributed by atoms with Gasteiger partial charge in [0.15, 0.2) is 0 Å². The highest BCUT2D eigenvalue weighted by Crippen LogP contribution is 2.11. The second kappa shape index (κ2) is 4.52. The van der Waals surface area contributed by atoms with Gasteiger partial charge in [0.1, 0.15) is 0 Å². The van der Waals surface area contributed by atoms with E-state index in [1.807, 2.05) is 0 Å². The summed E-state index contributed by atoms with van der Waals surface area (Å²) >= 11 is 0. The van der Waals surface area contributed by atoms with Crippen LogP contribution in [0.5, 0.6) is 0 Å². The molecule has 78 valence electrons. The van der Waals surface area contributed by atoms with Crippen LogP contribution in [0.3, 0.4) is 0 Å². The van der Waals surface area contributed by atoms with Gasteiger partial charge >= 0.3 is 0 Å². The highest BCUT2D eigenvalue weighted by Gasteiger charge is 2.19. The third-order valence-corrected chi connectivity index (χ3v) is 3.34. The lowest BCUT2D eigenvalue weighted by atomic mass is 10.4. The Labute approximate surface area is 82.8 Å². The van der Waals surface area contributed by atoms with Crippen LogP contribution >= 0.6 is 0 Å². The van der Waals surface area contributed by atoms with Crippen LogP contribution in [0.2, 0.25) is 0 Å². The van der Waals surface area contributed by atoms with Gasteiger partial charge in [-0.1, -0.05) is 18.2 Å². The third kappa shape index (κ3) is 2.30. The molecule has 0 heterocycles. The molecule has 5 nitrogen and oxygen atoms in total. The molecule has 0 aliphatic rings. The van der Waals surface area contributed by atoms with Gasteiger partial charge in [-0.05, 0) is 12.1 Å². The minimum atomic E-state index is -3.65. The van der Waals surface area contributed by atoms with Crippen molar-refractivity contribution in [3.05, 3.63) is 30.3 Å². The van der Waals surface area contributed by atoms with Crippen molar-refractivity contribution in [2.45, 2.75) is 4.90 Å². The van der Waals surface area contributed by atoms with Gasteiger partial charge in [0, 0.05) is 0 Å². The Bertz CT molecular complexity index is 377. The Kier molecular flexibility index (Phi) is 3.59. The van der Waals surface area contributed by atoms with E-state index in [9.17, 15) is 8.42 Å². The average Bonchev–Trinajstić information content (AvgIpc) is 2.19. The molecule has 0 bridgehead atoms. The second-order valence-electron chi connectivity index (χ2n) is 2.65. The van der Waals surface area contributed by atoms with Gasteiger partial charge in [0.25, 0.3) is 10.0 Å². The van der Waals surface area contributed by atoms with Gasteiger partial charge in [0.05, 0.1) is 18.0 Å². The molecule has 6 heteroatoms. The maximum Gasteiger partial charge on any atom is 0.255 e. The summed E-state index contributed by atoms with van der Waals surface area (Å²) in [6.07, 6.45) is 0. The van der Waals surface area contributed by atoms with Crippen LogP contribution in [0.1, 0.15) is 0 Å². The molecule has 0 saturated heterocycles. The molecule has 1 rings (SSSR count). The van der Waals surface area contributed by atoms with Crippen LogP contribution in [0, 0.1) is 0 Å². The summed E-state index contributed by atoms with van der Waals surface area (Å²) in [6.45, 7) is -0.417. The zero-order valence-electron chi connectivity index (χ0n) is 7.50. The predicted molar refractivity (Wildman–Crippen MR) is 51.6 cm³/mol. The van der Waals surface area contributed by atoms with Gasteiger partial charge in [-0.2, -0.15) is 0 Å². The summed E-state index contributed by atoms with van der Waals surface area (Å²) in [5.74, 6) is 5.28. The van der Waals surface area contributed by atoms with Gasteiger partial charge < -0.3 is 5.11 Å². The lowest BCUT2D eigenvalue weighted by Gasteiger charge is -2.14. The Morgan fingerprint density at radius 2 is 1.86 bits per heavy atom.